The highest BCUT2D eigenvalue weighted by molar-refractivity contribution is 6.10. The van der Waals surface area contributed by atoms with Crippen LogP contribution in [0.15, 0.2) is 35.7 Å². The quantitative estimate of drug-likeness (QED) is 0.337. The Hall–Kier alpha value is -3.09. The number of hydrogen-bond acceptors (Lipinski definition) is 5. The summed E-state index contributed by atoms with van der Waals surface area (Å²) in [6.45, 7) is 5.66. The summed E-state index contributed by atoms with van der Waals surface area (Å²) in [7, 11) is 1.81. The highest BCUT2D eigenvalue weighted by Gasteiger charge is 2.26. The largest absolute Gasteiger partial charge is 0.393 e. The van der Waals surface area contributed by atoms with E-state index in [0.29, 0.717) is 18.9 Å². The van der Waals surface area contributed by atoms with Crippen LogP contribution < -0.4 is 16.0 Å². The molecule has 1 heterocycles. The second kappa shape index (κ2) is 9.61. The van der Waals surface area contributed by atoms with Crippen molar-refractivity contribution in [3.05, 3.63) is 46.8 Å². The van der Waals surface area contributed by atoms with Crippen molar-refractivity contribution in [2.24, 2.45) is 5.92 Å². The van der Waals surface area contributed by atoms with Crippen LogP contribution in [0.25, 0.3) is 5.57 Å². The molecule has 1 saturated carbocycles. The van der Waals surface area contributed by atoms with E-state index < -0.39 is 0 Å². The third kappa shape index (κ3) is 5.28. The number of hydrogen-bond donors (Lipinski definition) is 5. The Balaban J connectivity index is 1.83. The van der Waals surface area contributed by atoms with Crippen LogP contribution >= 0.6 is 0 Å². The van der Waals surface area contributed by atoms with Crippen LogP contribution in [-0.2, 0) is 4.79 Å². The molecule has 7 nitrogen and oxygen atoms in total. The lowest BCUT2D eigenvalue weighted by atomic mass is 10.0. The SMILES string of the molecule is CN/C=C(\C=N)c1cc(NC(=N)C2=C(NCC3CC3)CCN(C(C)=O)C2)ccc1C. The predicted octanol–water partition coefficient (Wildman–Crippen LogP) is 3.10. The Bertz CT molecular complexity index is 897. The third-order valence-electron chi connectivity index (χ3n) is 5.67. The fraction of sp³-hybridized carbons (Fsp3) is 0.435. The van der Waals surface area contributed by atoms with E-state index in [4.69, 9.17) is 10.8 Å². The number of nitrogens with zero attached hydrogens (tertiary/aromatic N) is 1. The van der Waals surface area contributed by atoms with Crippen LogP contribution in [0.3, 0.4) is 0 Å². The third-order valence-corrected chi connectivity index (χ3v) is 5.67. The van der Waals surface area contributed by atoms with E-state index in [0.717, 1.165) is 52.5 Å². The van der Waals surface area contributed by atoms with E-state index in [2.05, 4.69) is 16.0 Å². The zero-order valence-corrected chi connectivity index (χ0v) is 18.1. The number of carbonyl (C=O) groups is 1. The van der Waals surface area contributed by atoms with Gasteiger partial charge in [0.15, 0.2) is 0 Å². The maximum Gasteiger partial charge on any atom is 0.219 e. The smallest absolute Gasteiger partial charge is 0.219 e. The Labute approximate surface area is 178 Å². The first-order valence-electron chi connectivity index (χ1n) is 10.5. The zero-order valence-electron chi connectivity index (χ0n) is 18.1. The van der Waals surface area contributed by atoms with E-state index in [9.17, 15) is 4.79 Å². The molecule has 1 aliphatic carbocycles. The van der Waals surface area contributed by atoms with Gasteiger partial charge in [-0.25, -0.2) is 0 Å². The topological polar surface area (TPSA) is 104 Å². The van der Waals surface area contributed by atoms with Crippen molar-refractivity contribution in [3.8, 4) is 0 Å². The summed E-state index contributed by atoms with van der Waals surface area (Å²) in [4.78, 5) is 13.7. The van der Waals surface area contributed by atoms with Gasteiger partial charge in [-0.05, 0) is 48.9 Å². The van der Waals surface area contributed by atoms with Gasteiger partial charge in [0.25, 0.3) is 0 Å². The first-order valence-corrected chi connectivity index (χ1v) is 10.5. The van der Waals surface area contributed by atoms with Gasteiger partial charge in [0.2, 0.25) is 5.91 Å². The maximum absolute atomic E-state index is 11.9. The summed E-state index contributed by atoms with van der Waals surface area (Å²) in [6.07, 6.45) is 6.40. The minimum Gasteiger partial charge on any atom is -0.393 e. The van der Waals surface area contributed by atoms with Crippen LogP contribution in [0.5, 0.6) is 0 Å². The number of amidine groups is 1. The number of rotatable bonds is 8. The first kappa shape index (κ1) is 21.6. The molecule has 0 aromatic heterocycles. The fourth-order valence-electron chi connectivity index (χ4n) is 3.63. The van der Waals surface area contributed by atoms with Crippen molar-refractivity contribution in [1.82, 2.24) is 15.5 Å². The van der Waals surface area contributed by atoms with E-state index in [1.54, 1.807) is 18.0 Å². The average Bonchev–Trinajstić information content (AvgIpc) is 3.56. The maximum atomic E-state index is 11.9. The van der Waals surface area contributed by atoms with Gasteiger partial charge in [-0.3, -0.25) is 10.2 Å². The molecule has 0 saturated heterocycles. The number of amides is 1. The number of aryl methyl sites for hydroxylation is 1. The van der Waals surface area contributed by atoms with Gasteiger partial charge in [-0.2, -0.15) is 0 Å². The molecule has 1 aromatic carbocycles. The van der Waals surface area contributed by atoms with Crippen LogP contribution in [-0.4, -0.2) is 49.5 Å². The van der Waals surface area contributed by atoms with E-state index in [1.807, 2.05) is 32.2 Å². The molecule has 160 valence electrons. The number of benzene rings is 1. The van der Waals surface area contributed by atoms with Crippen molar-refractivity contribution in [1.29, 1.82) is 10.8 Å². The van der Waals surface area contributed by atoms with E-state index in [-0.39, 0.29) is 5.91 Å². The second-order valence-corrected chi connectivity index (χ2v) is 8.03. The second-order valence-electron chi connectivity index (χ2n) is 8.03. The van der Waals surface area contributed by atoms with Gasteiger partial charge in [-0.15, -0.1) is 0 Å². The van der Waals surface area contributed by atoms with Crippen LogP contribution in [0, 0.1) is 23.7 Å². The molecular formula is C23H32N6O. The number of nitrogens with one attached hydrogen (secondary N) is 5. The Morgan fingerprint density at radius 1 is 1.33 bits per heavy atom. The molecule has 0 unspecified atom stereocenters. The standard InChI is InChI=1S/C23H32N6O/c1-15-4-7-19(10-20(15)18(11-24)13-26-3)28-23(25)21-14-29(16(2)30)9-8-22(21)27-12-17-5-6-17/h4,7,10-11,13,17,24,26-27H,5-6,8-9,12,14H2,1-3H3,(H2,25,28)/b18-13+,24-11?. The van der Waals surface area contributed by atoms with Gasteiger partial charge < -0.3 is 26.3 Å². The molecule has 1 amide bonds. The van der Waals surface area contributed by atoms with Gasteiger partial charge in [0.05, 0.1) is 6.54 Å². The molecular weight excluding hydrogens is 376 g/mol. The zero-order chi connectivity index (χ0) is 21.7. The van der Waals surface area contributed by atoms with Crippen LogP contribution in [0.4, 0.5) is 5.69 Å². The average molecular weight is 409 g/mol. The highest BCUT2D eigenvalue weighted by atomic mass is 16.2. The molecule has 0 atom stereocenters. The fourth-order valence-corrected chi connectivity index (χ4v) is 3.63. The number of anilines is 1. The van der Waals surface area contributed by atoms with Crippen molar-refractivity contribution in [2.75, 3.05) is 32.0 Å². The van der Waals surface area contributed by atoms with Crippen molar-refractivity contribution in [2.45, 2.75) is 33.1 Å². The summed E-state index contributed by atoms with van der Waals surface area (Å²) < 4.78 is 0. The van der Waals surface area contributed by atoms with Crippen molar-refractivity contribution < 1.29 is 4.79 Å². The Morgan fingerprint density at radius 3 is 2.73 bits per heavy atom. The number of carbonyl (C=O) groups excluding carboxylic acids is 1. The van der Waals surface area contributed by atoms with Crippen molar-refractivity contribution >= 4 is 29.2 Å². The summed E-state index contributed by atoms with van der Waals surface area (Å²) in [6, 6.07) is 5.89. The van der Waals surface area contributed by atoms with Crippen molar-refractivity contribution in [3.63, 3.8) is 0 Å². The molecule has 30 heavy (non-hydrogen) atoms. The molecule has 0 radical (unpaired) electrons. The monoisotopic (exact) mass is 408 g/mol. The molecule has 3 rings (SSSR count). The number of allylic oxidation sites excluding steroid dienone is 1. The molecule has 0 spiro atoms. The minimum atomic E-state index is 0.0343. The van der Waals surface area contributed by atoms with Gasteiger partial charge in [0.1, 0.15) is 5.84 Å². The molecule has 2 aliphatic rings. The molecule has 7 heteroatoms. The van der Waals surface area contributed by atoms with E-state index >= 15 is 0 Å². The minimum absolute atomic E-state index is 0.0343. The normalized spacial score (nSPS) is 16.9. The summed E-state index contributed by atoms with van der Waals surface area (Å²) in [5.41, 5.74) is 5.47. The van der Waals surface area contributed by atoms with Crippen LogP contribution in [0.2, 0.25) is 0 Å². The molecule has 1 aliphatic heterocycles. The highest BCUT2D eigenvalue weighted by Crippen LogP contribution is 2.29. The Morgan fingerprint density at radius 2 is 2.10 bits per heavy atom. The molecule has 5 N–H and O–H groups in total. The lowest BCUT2D eigenvalue weighted by molar-refractivity contribution is -0.128. The lowest BCUT2D eigenvalue weighted by Gasteiger charge is -2.31. The predicted molar refractivity (Wildman–Crippen MR) is 123 cm³/mol. The van der Waals surface area contributed by atoms with Gasteiger partial charge >= 0.3 is 0 Å². The summed E-state index contributed by atoms with van der Waals surface area (Å²) in [5, 5.41) is 26.1. The molecule has 1 fully saturated rings. The summed E-state index contributed by atoms with van der Waals surface area (Å²) >= 11 is 0. The van der Waals surface area contributed by atoms with E-state index in [1.165, 1.54) is 19.1 Å². The summed E-state index contributed by atoms with van der Waals surface area (Å²) in [5.74, 6) is 1.08. The lowest BCUT2D eigenvalue weighted by Crippen LogP contribution is -2.41. The van der Waals surface area contributed by atoms with Gasteiger partial charge in [-0.1, -0.05) is 6.07 Å². The van der Waals surface area contributed by atoms with Gasteiger partial charge in [0, 0.05) is 68.4 Å². The molecule has 0 bridgehead atoms. The Kier molecular flexibility index (Phi) is 6.92. The molecule has 1 aromatic rings. The first-order chi connectivity index (χ1) is 14.4. The van der Waals surface area contributed by atoms with Crippen LogP contribution in [0.1, 0.15) is 37.3 Å².